The number of aromatic nitrogens is 2. The summed E-state index contributed by atoms with van der Waals surface area (Å²) in [7, 11) is 0. The molecule has 3 aromatic rings. The van der Waals surface area contributed by atoms with E-state index < -0.39 is 17.7 Å². The molecule has 6 heteroatoms. The van der Waals surface area contributed by atoms with Gasteiger partial charge in [0.05, 0.1) is 17.8 Å². The van der Waals surface area contributed by atoms with Crippen LogP contribution in [-0.2, 0) is 0 Å². The van der Waals surface area contributed by atoms with Gasteiger partial charge in [0.15, 0.2) is 0 Å². The Morgan fingerprint density at radius 2 is 1.90 bits per heavy atom. The average molecular weight is 274 g/mol. The summed E-state index contributed by atoms with van der Waals surface area (Å²) in [6.07, 6.45) is 3.42. The second kappa shape index (κ2) is 4.99. The summed E-state index contributed by atoms with van der Waals surface area (Å²) in [5.41, 5.74) is 4.55. The number of hydrogen-bond donors (Lipinski definition) is 2. The van der Waals surface area contributed by atoms with E-state index in [2.05, 4.69) is 10.5 Å². The van der Waals surface area contributed by atoms with Crippen molar-refractivity contribution in [3.63, 3.8) is 0 Å². The van der Waals surface area contributed by atoms with Crippen LogP contribution in [0.5, 0.6) is 0 Å². The van der Waals surface area contributed by atoms with Crippen LogP contribution in [0, 0.1) is 11.6 Å². The highest BCUT2D eigenvalue weighted by molar-refractivity contribution is 5.57. The summed E-state index contributed by atoms with van der Waals surface area (Å²) < 4.78 is 28.4. The molecule has 1 aromatic carbocycles. The van der Waals surface area contributed by atoms with Gasteiger partial charge in [0.2, 0.25) is 0 Å². The number of pyridine rings is 1. The number of fused-ring (bicyclic) bond motifs is 1. The molecule has 0 aliphatic rings. The van der Waals surface area contributed by atoms with Crippen molar-refractivity contribution in [2.24, 2.45) is 5.84 Å². The molecule has 0 radical (unpaired) electrons. The summed E-state index contributed by atoms with van der Waals surface area (Å²) in [5, 5.41) is 4.19. The maximum atomic E-state index is 13.4. The third-order valence-corrected chi connectivity index (χ3v) is 3.15. The Morgan fingerprint density at radius 1 is 1.15 bits per heavy atom. The number of nitrogens with one attached hydrogen (secondary N) is 1. The van der Waals surface area contributed by atoms with Crippen LogP contribution in [0.2, 0.25) is 0 Å². The molecule has 102 valence electrons. The zero-order valence-electron chi connectivity index (χ0n) is 10.4. The number of rotatable bonds is 3. The molecule has 0 fully saturated rings. The molecule has 0 aliphatic carbocycles. The fourth-order valence-electron chi connectivity index (χ4n) is 2.28. The minimum absolute atomic E-state index is 0.406. The van der Waals surface area contributed by atoms with Gasteiger partial charge in [-0.15, -0.1) is 0 Å². The molecule has 1 atom stereocenters. The third kappa shape index (κ3) is 2.15. The average Bonchev–Trinajstić information content (AvgIpc) is 2.83. The lowest BCUT2D eigenvalue weighted by Gasteiger charge is -2.15. The van der Waals surface area contributed by atoms with Crippen LogP contribution in [0.3, 0.4) is 0 Å². The highest BCUT2D eigenvalue weighted by Crippen LogP contribution is 2.26. The zero-order chi connectivity index (χ0) is 14.1. The van der Waals surface area contributed by atoms with E-state index in [1.807, 2.05) is 18.2 Å². The van der Waals surface area contributed by atoms with Gasteiger partial charge in [-0.1, -0.05) is 6.07 Å². The van der Waals surface area contributed by atoms with E-state index in [9.17, 15) is 8.78 Å². The lowest BCUT2D eigenvalue weighted by molar-refractivity contribution is 0.566. The van der Waals surface area contributed by atoms with Crippen molar-refractivity contribution in [2.75, 3.05) is 0 Å². The lowest BCUT2D eigenvalue weighted by Crippen LogP contribution is -2.29. The van der Waals surface area contributed by atoms with Crippen molar-refractivity contribution >= 4 is 5.52 Å². The Balaban J connectivity index is 2.14. The molecule has 3 rings (SSSR count). The minimum atomic E-state index is -0.642. The van der Waals surface area contributed by atoms with Crippen molar-refractivity contribution in [2.45, 2.75) is 6.04 Å². The first-order valence-electron chi connectivity index (χ1n) is 6.03. The first-order valence-corrected chi connectivity index (χ1v) is 6.03. The normalized spacial score (nSPS) is 12.8. The third-order valence-electron chi connectivity index (χ3n) is 3.15. The van der Waals surface area contributed by atoms with Gasteiger partial charge in [0.1, 0.15) is 11.6 Å². The molecular weight excluding hydrogens is 262 g/mol. The van der Waals surface area contributed by atoms with Crippen LogP contribution in [0.1, 0.15) is 17.2 Å². The highest BCUT2D eigenvalue weighted by atomic mass is 19.1. The molecule has 20 heavy (non-hydrogen) atoms. The summed E-state index contributed by atoms with van der Waals surface area (Å²) in [4.78, 5) is 0. The van der Waals surface area contributed by atoms with Crippen molar-refractivity contribution in [3.05, 3.63) is 71.6 Å². The molecule has 1 unspecified atom stereocenters. The quantitative estimate of drug-likeness (QED) is 0.568. The van der Waals surface area contributed by atoms with E-state index in [4.69, 9.17) is 5.84 Å². The van der Waals surface area contributed by atoms with Crippen LogP contribution in [0.25, 0.3) is 5.52 Å². The topological polar surface area (TPSA) is 55.3 Å². The maximum absolute atomic E-state index is 13.4. The van der Waals surface area contributed by atoms with Gasteiger partial charge in [0, 0.05) is 17.8 Å². The van der Waals surface area contributed by atoms with Crippen molar-refractivity contribution in [1.29, 1.82) is 0 Å². The van der Waals surface area contributed by atoms with Crippen LogP contribution >= 0.6 is 0 Å². The number of halogens is 2. The fourth-order valence-corrected chi connectivity index (χ4v) is 2.28. The molecule has 0 aliphatic heterocycles. The Labute approximate surface area is 113 Å². The van der Waals surface area contributed by atoms with Crippen LogP contribution in [0.4, 0.5) is 8.78 Å². The standard InChI is InChI=1S/C14H12F2N4/c15-10-5-9(6-11(16)7-10)14(19-17)12-8-18-20-4-2-1-3-13(12)20/h1-8,14,19H,17H2. The molecule has 0 amide bonds. The second-order valence-electron chi connectivity index (χ2n) is 4.43. The van der Waals surface area contributed by atoms with E-state index in [-0.39, 0.29) is 0 Å². The molecule has 3 N–H and O–H groups in total. The molecule has 0 saturated carbocycles. The molecule has 2 aromatic heterocycles. The predicted molar refractivity (Wildman–Crippen MR) is 70.7 cm³/mol. The number of nitrogens with two attached hydrogens (primary N) is 1. The Kier molecular flexibility index (Phi) is 3.17. The Morgan fingerprint density at radius 3 is 2.60 bits per heavy atom. The lowest BCUT2D eigenvalue weighted by atomic mass is 10.0. The van der Waals surface area contributed by atoms with E-state index in [0.717, 1.165) is 17.1 Å². The van der Waals surface area contributed by atoms with E-state index >= 15 is 0 Å². The van der Waals surface area contributed by atoms with Crippen molar-refractivity contribution in [3.8, 4) is 0 Å². The number of hydrazine groups is 1. The summed E-state index contributed by atoms with van der Waals surface area (Å²) in [6.45, 7) is 0. The Bertz CT molecular complexity index is 734. The molecule has 2 heterocycles. The van der Waals surface area contributed by atoms with Crippen LogP contribution in [0.15, 0.2) is 48.8 Å². The van der Waals surface area contributed by atoms with E-state index in [1.54, 1.807) is 16.9 Å². The van der Waals surface area contributed by atoms with Crippen molar-refractivity contribution in [1.82, 2.24) is 15.0 Å². The smallest absolute Gasteiger partial charge is 0.126 e. The van der Waals surface area contributed by atoms with E-state index in [0.29, 0.717) is 5.56 Å². The summed E-state index contributed by atoms with van der Waals surface area (Å²) in [6, 6.07) is 8.35. The fraction of sp³-hybridized carbons (Fsp3) is 0.0714. The van der Waals surface area contributed by atoms with Gasteiger partial charge in [-0.3, -0.25) is 5.84 Å². The first-order chi connectivity index (χ1) is 9.69. The highest BCUT2D eigenvalue weighted by Gasteiger charge is 2.18. The zero-order valence-corrected chi connectivity index (χ0v) is 10.4. The molecule has 4 nitrogen and oxygen atoms in total. The second-order valence-corrected chi connectivity index (χ2v) is 4.43. The monoisotopic (exact) mass is 274 g/mol. The maximum Gasteiger partial charge on any atom is 0.126 e. The van der Waals surface area contributed by atoms with Gasteiger partial charge in [-0.25, -0.2) is 18.7 Å². The number of benzene rings is 1. The first kappa shape index (κ1) is 12.7. The molecule has 0 spiro atoms. The van der Waals surface area contributed by atoms with Gasteiger partial charge in [-0.05, 0) is 29.8 Å². The number of nitrogens with zero attached hydrogens (tertiary/aromatic N) is 2. The summed E-state index contributed by atoms with van der Waals surface area (Å²) >= 11 is 0. The van der Waals surface area contributed by atoms with Crippen molar-refractivity contribution < 1.29 is 8.78 Å². The minimum Gasteiger partial charge on any atom is -0.271 e. The molecular formula is C14H12F2N4. The number of hydrogen-bond acceptors (Lipinski definition) is 3. The van der Waals surface area contributed by atoms with Crippen LogP contribution in [-0.4, -0.2) is 9.61 Å². The van der Waals surface area contributed by atoms with Gasteiger partial charge >= 0.3 is 0 Å². The molecule has 0 saturated heterocycles. The predicted octanol–water partition coefficient (Wildman–Crippen LogP) is 2.17. The van der Waals surface area contributed by atoms with Crippen LogP contribution < -0.4 is 11.3 Å². The van der Waals surface area contributed by atoms with E-state index in [1.165, 1.54) is 12.1 Å². The molecule has 0 bridgehead atoms. The SMILES string of the molecule is NNC(c1cc(F)cc(F)c1)c1cnn2ccccc12. The van der Waals surface area contributed by atoms with Gasteiger partial charge in [-0.2, -0.15) is 5.10 Å². The van der Waals surface area contributed by atoms with Gasteiger partial charge < -0.3 is 0 Å². The van der Waals surface area contributed by atoms with Gasteiger partial charge in [0.25, 0.3) is 0 Å². The Hall–Kier alpha value is -2.31. The summed E-state index contributed by atoms with van der Waals surface area (Å²) in [5.74, 6) is 4.27. The largest absolute Gasteiger partial charge is 0.271 e.